The van der Waals surface area contributed by atoms with Gasteiger partial charge in [-0.2, -0.15) is 0 Å². The van der Waals surface area contributed by atoms with Crippen LogP contribution in [0.1, 0.15) is 5.69 Å². The Morgan fingerprint density at radius 1 is 0.407 bits per heavy atom. The molecule has 0 amide bonds. The monoisotopic (exact) mass is 728 g/mol. The molecule has 1 N–H and O–H groups in total. The third-order valence-electron chi connectivity index (χ3n) is 10.0. The van der Waals surface area contributed by atoms with Crippen LogP contribution in [0.3, 0.4) is 0 Å². The number of aryl methyl sites for hydroxylation is 1. The molecular formula is C49H32N2OS2. The number of rotatable bonds is 6. The number of hydrogen-bond donors (Lipinski definition) is 1. The molecule has 0 aliphatic heterocycles. The second-order valence-electron chi connectivity index (χ2n) is 13.6. The number of phenolic OH excluding ortho intramolecular Hbond substituents is 1. The molecule has 10 rings (SSSR count). The summed E-state index contributed by atoms with van der Waals surface area (Å²) in [6.45, 7) is 2.08. The molecule has 0 radical (unpaired) electrons. The normalized spacial score (nSPS) is 11.5. The first-order chi connectivity index (χ1) is 26.6. The average molecular weight is 729 g/mol. The third-order valence-corrected chi connectivity index (χ3v) is 12.4. The molecule has 0 aliphatic carbocycles. The summed E-state index contributed by atoms with van der Waals surface area (Å²) in [7, 11) is 0. The van der Waals surface area contributed by atoms with Crippen LogP contribution in [0, 0.1) is 6.92 Å². The third kappa shape index (κ3) is 5.75. The molecule has 5 heteroatoms. The Hall–Kier alpha value is -6.40. The lowest BCUT2D eigenvalue weighted by Crippen LogP contribution is -1.93. The summed E-state index contributed by atoms with van der Waals surface area (Å²) >= 11 is 3.70. The lowest BCUT2D eigenvalue weighted by Gasteiger charge is -2.13. The molecular weight excluding hydrogens is 697 g/mol. The fraction of sp³-hybridized carbons (Fsp3) is 0.0204. The molecule has 3 nitrogen and oxygen atoms in total. The highest BCUT2D eigenvalue weighted by Crippen LogP contribution is 2.47. The van der Waals surface area contributed by atoms with Gasteiger partial charge in [0.05, 0.1) is 17.1 Å². The zero-order valence-corrected chi connectivity index (χ0v) is 31.0. The van der Waals surface area contributed by atoms with Crippen LogP contribution in [0.5, 0.6) is 5.75 Å². The van der Waals surface area contributed by atoms with E-state index in [0.717, 1.165) is 50.6 Å². The van der Waals surface area contributed by atoms with Gasteiger partial charge < -0.3 is 5.11 Å². The summed E-state index contributed by atoms with van der Waals surface area (Å²) in [6, 6.07) is 59.2. The second-order valence-corrected chi connectivity index (χ2v) is 15.7. The van der Waals surface area contributed by atoms with Crippen LogP contribution in [0.2, 0.25) is 0 Å². The maximum atomic E-state index is 10.8. The number of thiophene rings is 2. The number of pyridine rings is 2. The van der Waals surface area contributed by atoms with E-state index in [1.54, 1.807) is 6.07 Å². The van der Waals surface area contributed by atoms with Crippen molar-refractivity contribution in [1.82, 2.24) is 9.97 Å². The Bertz CT molecular complexity index is 3030. The van der Waals surface area contributed by atoms with Crippen molar-refractivity contribution in [3.8, 4) is 72.2 Å². The first-order valence-electron chi connectivity index (χ1n) is 17.9. The van der Waals surface area contributed by atoms with Gasteiger partial charge in [-0.05, 0) is 89.8 Å². The number of aromatic hydroxyl groups is 1. The molecule has 0 fully saturated rings. The van der Waals surface area contributed by atoms with E-state index in [2.05, 4.69) is 128 Å². The van der Waals surface area contributed by atoms with Gasteiger partial charge in [0.1, 0.15) is 5.75 Å². The lowest BCUT2D eigenvalue weighted by atomic mass is 9.96. The minimum atomic E-state index is 0.204. The van der Waals surface area contributed by atoms with Gasteiger partial charge in [0.25, 0.3) is 0 Å². The highest BCUT2D eigenvalue weighted by molar-refractivity contribution is 7.26. The topological polar surface area (TPSA) is 46.0 Å². The molecule has 0 aliphatic rings. The molecule has 0 spiro atoms. The van der Waals surface area contributed by atoms with Crippen molar-refractivity contribution in [3.05, 3.63) is 176 Å². The quantitative estimate of drug-likeness (QED) is 0.185. The smallest absolute Gasteiger partial charge is 0.124 e. The van der Waals surface area contributed by atoms with E-state index >= 15 is 0 Å². The average Bonchev–Trinajstić information content (AvgIpc) is 3.80. The van der Waals surface area contributed by atoms with Crippen molar-refractivity contribution in [3.63, 3.8) is 0 Å². The van der Waals surface area contributed by atoms with Crippen molar-refractivity contribution >= 4 is 52.9 Å². The van der Waals surface area contributed by atoms with E-state index in [-0.39, 0.29) is 5.75 Å². The van der Waals surface area contributed by atoms with E-state index in [0.29, 0.717) is 5.56 Å². The largest absolute Gasteiger partial charge is 0.507 e. The highest BCUT2D eigenvalue weighted by atomic mass is 32.1. The fourth-order valence-electron chi connectivity index (χ4n) is 7.51. The van der Waals surface area contributed by atoms with Gasteiger partial charge in [-0.25, -0.2) is 4.98 Å². The predicted molar refractivity (Wildman–Crippen MR) is 229 cm³/mol. The number of phenols is 1. The van der Waals surface area contributed by atoms with Crippen LogP contribution in [0.15, 0.2) is 170 Å². The molecule has 0 saturated carbocycles. The van der Waals surface area contributed by atoms with Crippen LogP contribution >= 0.6 is 22.7 Å². The minimum absolute atomic E-state index is 0.204. The van der Waals surface area contributed by atoms with Gasteiger partial charge in [-0.15, -0.1) is 22.7 Å². The number of nitrogens with zero attached hydrogens (tertiary/aromatic N) is 2. The molecule has 4 heterocycles. The first-order valence-corrected chi connectivity index (χ1v) is 19.6. The van der Waals surface area contributed by atoms with Crippen molar-refractivity contribution < 1.29 is 5.11 Å². The summed E-state index contributed by atoms with van der Waals surface area (Å²) in [5.74, 6) is 0.204. The molecule has 256 valence electrons. The molecule has 0 unspecified atom stereocenters. The first kappa shape index (κ1) is 32.3. The summed E-state index contributed by atoms with van der Waals surface area (Å²) in [5.41, 5.74) is 11.9. The van der Waals surface area contributed by atoms with Crippen LogP contribution in [-0.4, -0.2) is 15.1 Å². The number of fused-ring (bicyclic) bond motifs is 4. The summed E-state index contributed by atoms with van der Waals surface area (Å²) in [6.07, 6.45) is 0. The Balaban J connectivity index is 1.10. The summed E-state index contributed by atoms with van der Waals surface area (Å²) in [5, 5.41) is 14.7. The Morgan fingerprint density at radius 3 is 1.85 bits per heavy atom. The van der Waals surface area contributed by atoms with Gasteiger partial charge in [0.15, 0.2) is 0 Å². The van der Waals surface area contributed by atoms with E-state index in [9.17, 15) is 5.11 Å². The molecule has 4 aromatic heterocycles. The SMILES string of the molecule is Cc1cc(-c2sc3ccccc3c2-c2ccc3c(c2)sc2ccccc23)cc(-c2cccc(-c3cc(-c4ccccc4)cc(-c4ccccc4O)n3)c2)n1. The standard InChI is InChI=1S/C49H32N2OS2/c1-30-24-36(49-48(40-18-7-10-21-46(40)54-49)34-22-23-38-37-16-6-9-20-45(37)53-47(38)29-34)28-41(50-30)32-14-11-15-33(25-32)42-26-35(31-12-3-2-4-13-31)27-43(51-42)39-17-5-8-19-44(39)52/h2-29,52H,1H3. The van der Waals surface area contributed by atoms with Gasteiger partial charge in [-0.1, -0.05) is 109 Å². The van der Waals surface area contributed by atoms with Gasteiger partial charge >= 0.3 is 0 Å². The summed E-state index contributed by atoms with van der Waals surface area (Å²) < 4.78 is 3.88. The number of aromatic nitrogens is 2. The van der Waals surface area contributed by atoms with E-state index in [1.807, 2.05) is 65.1 Å². The van der Waals surface area contributed by atoms with E-state index in [4.69, 9.17) is 9.97 Å². The predicted octanol–water partition coefficient (Wildman–Crippen LogP) is 14.1. The maximum absolute atomic E-state index is 10.8. The highest BCUT2D eigenvalue weighted by Gasteiger charge is 2.19. The Kier molecular flexibility index (Phi) is 7.90. The van der Waals surface area contributed by atoms with Crippen LogP contribution < -0.4 is 0 Å². The number of para-hydroxylation sites is 1. The van der Waals surface area contributed by atoms with Crippen molar-refractivity contribution in [2.75, 3.05) is 0 Å². The van der Waals surface area contributed by atoms with Crippen LogP contribution in [-0.2, 0) is 0 Å². The zero-order chi connectivity index (χ0) is 36.2. The zero-order valence-electron chi connectivity index (χ0n) is 29.3. The van der Waals surface area contributed by atoms with Crippen molar-refractivity contribution in [1.29, 1.82) is 0 Å². The molecule has 10 aromatic rings. The van der Waals surface area contributed by atoms with Gasteiger partial charge in [0.2, 0.25) is 0 Å². The number of benzene rings is 6. The second kappa shape index (κ2) is 13.2. The molecule has 0 saturated heterocycles. The Morgan fingerprint density at radius 2 is 1.04 bits per heavy atom. The molecule has 0 atom stereocenters. The summed E-state index contributed by atoms with van der Waals surface area (Å²) in [4.78, 5) is 11.4. The van der Waals surface area contributed by atoms with Crippen molar-refractivity contribution in [2.45, 2.75) is 6.92 Å². The van der Waals surface area contributed by atoms with Crippen LogP contribution in [0.25, 0.3) is 96.7 Å². The van der Waals surface area contributed by atoms with Crippen LogP contribution in [0.4, 0.5) is 0 Å². The van der Waals surface area contributed by atoms with E-state index < -0.39 is 0 Å². The van der Waals surface area contributed by atoms with Gasteiger partial charge in [0, 0.05) is 63.1 Å². The molecule has 0 bridgehead atoms. The van der Waals surface area contributed by atoms with Gasteiger partial charge in [-0.3, -0.25) is 4.98 Å². The van der Waals surface area contributed by atoms with E-state index in [1.165, 1.54) is 46.3 Å². The number of hydrogen-bond acceptors (Lipinski definition) is 5. The minimum Gasteiger partial charge on any atom is -0.507 e. The molecule has 54 heavy (non-hydrogen) atoms. The molecule has 6 aromatic carbocycles. The van der Waals surface area contributed by atoms with Crippen molar-refractivity contribution in [2.24, 2.45) is 0 Å². The Labute approximate surface area is 321 Å². The lowest BCUT2D eigenvalue weighted by molar-refractivity contribution is 0.477. The maximum Gasteiger partial charge on any atom is 0.124 e. The fourth-order valence-corrected chi connectivity index (χ4v) is 9.86.